The number of thiazole rings is 1. The molecule has 2 aromatic carbocycles. The summed E-state index contributed by atoms with van der Waals surface area (Å²) in [5.41, 5.74) is 3.11. The van der Waals surface area contributed by atoms with Gasteiger partial charge in [0, 0.05) is 19.2 Å². The molecule has 0 bridgehead atoms. The largest absolute Gasteiger partial charge is 0.308 e. The summed E-state index contributed by atoms with van der Waals surface area (Å²) < 4.78 is 1.11. The van der Waals surface area contributed by atoms with Crippen LogP contribution in [-0.2, 0) is 4.79 Å². The van der Waals surface area contributed by atoms with Crippen molar-refractivity contribution in [2.24, 2.45) is 0 Å². The van der Waals surface area contributed by atoms with Crippen LogP contribution in [0.2, 0.25) is 0 Å². The quantitative estimate of drug-likeness (QED) is 0.565. The average molecular weight is 402 g/mol. The highest BCUT2D eigenvalue weighted by Crippen LogP contribution is 2.30. The van der Waals surface area contributed by atoms with E-state index in [1.807, 2.05) is 69.6 Å². The number of rotatable bonds is 6. The Morgan fingerprint density at radius 3 is 2.48 bits per heavy atom. The van der Waals surface area contributed by atoms with Crippen molar-refractivity contribution in [3.05, 3.63) is 65.7 Å². The van der Waals surface area contributed by atoms with Crippen molar-refractivity contribution >= 4 is 51.1 Å². The number of para-hydroxylation sites is 1. The molecule has 0 N–H and O–H groups in total. The van der Waals surface area contributed by atoms with Crippen molar-refractivity contribution in [1.82, 2.24) is 9.88 Å². The number of carbonyl (C=O) groups excluding carboxylic acids is 1. The van der Waals surface area contributed by atoms with Crippen LogP contribution in [0.1, 0.15) is 11.1 Å². The van der Waals surface area contributed by atoms with Crippen LogP contribution in [0.25, 0.3) is 16.3 Å². The van der Waals surface area contributed by atoms with Crippen LogP contribution in [0.4, 0.5) is 5.13 Å². The standard InChI is InChI=1S/C21H23N3OS.ClH/c1-16-8-7-11-18-20(16)22-21(26-18)24(15-14-23(2)3)19(25)13-12-17-9-5-4-6-10-17;/h4-13H,14-15H2,1-3H3;1H. The van der Waals surface area contributed by atoms with E-state index in [1.54, 1.807) is 22.3 Å². The minimum atomic E-state index is -0.0487. The van der Waals surface area contributed by atoms with Gasteiger partial charge in [0.05, 0.1) is 10.2 Å². The van der Waals surface area contributed by atoms with Gasteiger partial charge < -0.3 is 4.90 Å². The Labute approximate surface area is 170 Å². The van der Waals surface area contributed by atoms with Crippen molar-refractivity contribution in [1.29, 1.82) is 0 Å². The van der Waals surface area contributed by atoms with Gasteiger partial charge in [-0.1, -0.05) is 53.8 Å². The summed E-state index contributed by atoms with van der Waals surface area (Å²) in [5.74, 6) is -0.0487. The summed E-state index contributed by atoms with van der Waals surface area (Å²) in [6, 6.07) is 16.0. The van der Waals surface area contributed by atoms with E-state index in [0.717, 1.165) is 33.0 Å². The first-order chi connectivity index (χ1) is 12.5. The molecule has 142 valence electrons. The summed E-state index contributed by atoms with van der Waals surface area (Å²) in [4.78, 5) is 21.5. The number of aromatic nitrogens is 1. The molecule has 1 aromatic heterocycles. The fourth-order valence-electron chi connectivity index (χ4n) is 2.61. The number of aryl methyl sites for hydroxylation is 1. The topological polar surface area (TPSA) is 36.4 Å². The van der Waals surface area contributed by atoms with Crippen molar-refractivity contribution in [2.45, 2.75) is 6.92 Å². The molecule has 0 spiro atoms. The summed E-state index contributed by atoms with van der Waals surface area (Å²) >= 11 is 1.56. The molecule has 4 nitrogen and oxygen atoms in total. The molecule has 0 aliphatic rings. The molecule has 0 radical (unpaired) electrons. The lowest BCUT2D eigenvalue weighted by molar-refractivity contribution is -0.114. The number of fused-ring (bicyclic) bond motifs is 1. The number of hydrogen-bond acceptors (Lipinski definition) is 4. The van der Waals surface area contributed by atoms with Crippen LogP contribution in [-0.4, -0.2) is 43.0 Å². The Kier molecular flexibility index (Phi) is 7.54. The maximum absolute atomic E-state index is 12.9. The molecule has 0 saturated carbocycles. The highest BCUT2D eigenvalue weighted by Gasteiger charge is 2.18. The normalized spacial score (nSPS) is 11.1. The van der Waals surface area contributed by atoms with E-state index in [0.29, 0.717) is 6.54 Å². The molecule has 0 unspecified atom stereocenters. The second kappa shape index (κ2) is 9.65. The van der Waals surface area contributed by atoms with Gasteiger partial charge in [0.15, 0.2) is 5.13 Å². The van der Waals surface area contributed by atoms with Crippen molar-refractivity contribution in [3.8, 4) is 0 Å². The van der Waals surface area contributed by atoms with Gasteiger partial charge in [0.1, 0.15) is 0 Å². The van der Waals surface area contributed by atoms with Gasteiger partial charge in [-0.15, -0.1) is 12.4 Å². The number of benzene rings is 2. The summed E-state index contributed by atoms with van der Waals surface area (Å²) in [5, 5.41) is 0.749. The zero-order valence-electron chi connectivity index (χ0n) is 15.8. The van der Waals surface area contributed by atoms with Crippen LogP contribution in [0, 0.1) is 6.92 Å². The van der Waals surface area contributed by atoms with E-state index < -0.39 is 0 Å². The fraction of sp³-hybridized carbons (Fsp3) is 0.238. The lowest BCUT2D eigenvalue weighted by atomic mass is 10.2. The third-order valence-corrected chi connectivity index (χ3v) is 5.14. The minimum Gasteiger partial charge on any atom is -0.308 e. The molecule has 6 heteroatoms. The highest BCUT2D eigenvalue weighted by atomic mass is 35.5. The Morgan fingerprint density at radius 1 is 1.07 bits per heavy atom. The third-order valence-electron chi connectivity index (χ3n) is 4.10. The maximum atomic E-state index is 12.9. The molecule has 27 heavy (non-hydrogen) atoms. The Hall–Kier alpha value is -2.21. The zero-order valence-corrected chi connectivity index (χ0v) is 17.4. The SMILES string of the molecule is Cc1cccc2sc(N(CCN(C)C)C(=O)C=Cc3ccccc3)nc12.Cl. The predicted octanol–water partition coefficient (Wildman–Crippen LogP) is 4.63. The first kappa shape index (κ1) is 21.1. The summed E-state index contributed by atoms with van der Waals surface area (Å²) in [7, 11) is 4.01. The smallest absolute Gasteiger partial charge is 0.252 e. The predicted molar refractivity (Wildman–Crippen MR) is 118 cm³/mol. The lowest BCUT2D eigenvalue weighted by Gasteiger charge is -2.20. The van der Waals surface area contributed by atoms with Crippen LogP contribution >= 0.6 is 23.7 Å². The van der Waals surface area contributed by atoms with Crippen LogP contribution in [0.3, 0.4) is 0 Å². The first-order valence-corrected chi connectivity index (χ1v) is 9.42. The van der Waals surface area contributed by atoms with E-state index >= 15 is 0 Å². The maximum Gasteiger partial charge on any atom is 0.252 e. The van der Waals surface area contributed by atoms with Gasteiger partial charge in [-0.25, -0.2) is 4.98 Å². The summed E-state index contributed by atoms with van der Waals surface area (Å²) in [6.45, 7) is 3.43. The molecule has 0 aliphatic carbocycles. The number of carbonyl (C=O) groups is 1. The molecule has 0 aliphatic heterocycles. The third kappa shape index (κ3) is 5.39. The van der Waals surface area contributed by atoms with E-state index in [2.05, 4.69) is 11.0 Å². The molecular formula is C21H24ClN3OS. The van der Waals surface area contributed by atoms with E-state index in [4.69, 9.17) is 4.98 Å². The van der Waals surface area contributed by atoms with Gasteiger partial charge in [0.25, 0.3) is 5.91 Å². The number of amides is 1. The van der Waals surface area contributed by atoms with Crippen molar-refractivity contribution < 1.29 is 4.79 Å². The second-order valence-corrected chi connectivity index (χ2v) is 7.46. The van der Waals surface area contributed by atoms with Crippen molar-refractivity contribution in [3.63, 3.8) is 0 Å². The number of halogens is 1. The van der Waals surface area contributed by atoms with Gasteiger partial charge in [-0.2, -0.15) is 0 Å². The van der Waals surface area contributed by atoms with Gasteiger partial charge in [-0.05, 0) is 44.3 Å². The Bertz CT molecular complexity index is 922. The highest BCUT2D eigenvalue weighted by molar-refractivity contribution is 7.22. The Balaban J connectivity index is 0.00000261. The van der Waals surface area contributed by atoms with E-state index in [1.165, 1.54) is 0 Å². The van der Waals surface area contributed by atoms with E-state index in [-0.39, 0.29) is 18.3 Å². The molecule has 3 aromatic rings. The van der Waals surface area contributed by atoms with Gasteiger partial charge >= 0.3 is 0 Å². The molecule has 3 rings (SSSR count). The molecule has 1 heterocycles. The number of anilines is 1. The number of hydrogen-bond donors (Lipinski definition) is 0. The van der Waals surface area contributed by atoms with Crippen LogP contribution < -0.4 is 4.90 Å². The summed E-state index contributed by atoms with van der Waals surface area (Å²) in [6.07, 6.45) is 3.48. The van der Waals surface area contributed by atoms with Crippen LogP contribution in [0.15, 0.2) is 54.6 Å². The number of nitrogens with zero attached hydrogens (tertiary/aromatic N) is 3. The molecular weight excluding hydrogens is 378 g/mol. The monoisotopic (exact) mass is 401 g/mol. The zero-order chi connectivity index (χ0) is 18.5. The first-order valence-electron chi connectivity index (χ1n) is 8.60. The second-order valence-electron chi connectivity index (χ2n) is 6.46. The lowest BCUT2D eigenvalue weighted by Crippen LogP contribution is -2.35. The van der Waals surface area contributed by atoms with Gasteiger partial charge in [0.2, 0.25) is 0 Å². The molecule has 0 atom stereocenters. The Morgan fingerprint density at radius 2 is 1.81 bits per heavy atom. The van der Waals surface area contributed by atoms with Crippen LogP contribution in [0.5, 0.6) is 0 Å². The molecule has 0 saturated heterocycles. The fourth-order valence-corrected chi connectivity index (χ4v) is 3.69. The molecule has 1 amide bonds. The van der Waals surface area contributed by atoms with Crippen molar-refractivity contribution in [2.75, 3.05) is 32.1 Å². The van der Waals surface area contributed by atoms with E-state index in [9.17, 15) is 4.79 Å². The average Bonchev–Trinajstić information content (AvgIpc) is 3.06. The minimum absolute atomic E-state index is 0. The number of likely N-dealkylation sites (N-methyl/N-ethyl adjacent to an activating group) is 1. The molecule has 0 fully saturated rings. The van der Waals surface area contributed by atoms with Gasteiger partial charge in [-0.3, -0.25) is 9.69 Å².